The Kier molecular flexibility index (Phi) is 5.67. The first-order valence-corrected chi connectivity index (χ1v) is 10.6. The van der Waals surface area contributed by atoms with Gasteiger partial charge in [0.2, 0.25) is 0 Å². The summed E-state index contributed by atoms with van der Waals surface area (Å²) in [6.07, 6.45) is 4.62. The van der Waals surface area contributed by atoms with Crippen molar-refractivity contribution in [3.63, 3.8) is 0 Å². The molecule has 142 valence electrons. The average Bonchev–Trinajstić information content (AvgIpc) is 3.13. The molecule has 0 spiro atoms. The Balaban J connectivity index is 1.42. The lowest BCUT2D eigenvalue weighted by atomic mass is 10.1. The molecule has 3 heterocycles. The third-order valence-corrected chi connectivity index (χ3v) is 5.68. The van der Waals surface area contributed by atoms with Crippen LogP contribution in [-0.4, -0.2) is 52.7 Å². The van der Waals surface area contributed by atoms with Crippen LogP contribution >= 0.6 is 11.8 Å². The number of thioether (sulfide) groups is 1. The topological polar surface area (TPSA) is 66.1 Å². The van der Waals surface area contributed by atoms with E-state index < -0.39 is 0 Å². The summed E-state index contributed by atoms with van der Waals surface area (Å²) < 4.78 is 5.80. The number of aromatic nitrogens is 3. The summed E-state index contributed by atoms with van der Waals surface area (Å²) in [5.74, 6) is 5.16. The van der Waals surface area contributed by atoms with E-state index in [1.807, 2.05) is 30.8 Å². The lowest BCUT2D eigenvalue weighted by Crippen LogP contribution is -2.33. The SMILES string of the molecule is CCOc1cccc2[nH]cc(CCNc3cc(N4CCSCC4)ncn3)c12. The van der Waals surface area contributed by atoms with Crippen molar-refractivity contribution in [2.75, 3.05) is 48.0 Å². The summed E-state index contributed by atoms with van der Waals surface area (Å²) >= 11 is 2.00. The smallest absolute Gasteiger partial charge is 0.134 e. The lowest BCUT2D eigenvalue weighted by Gasteiger charge is -2.27. The van der Waals surface area contributed by atoms with Gasteiger partial charge in [0.15, 0.2) is 0 Å². The fraction of sp³-hybridized carbons (Fsp3) is 0.400. The number of nitrogens with one attached hydrogen (secondary N) is 2. The highest BCUT2D eigenvalue weighted by atomic mass is 32.2. The van der Waals surface area contributed by atoms with Gasteiger partial charge >= 0.3 is 0 Å². The minimum atomic E-state index is 0.667. The third-order valence-electron chi connectivity index (χ3n) is 4.74. The number of hydrogen-bond acceptors (Lipinski definition) is 6. The molecule has 7 heteroatoms. The van der Waals surface area contributed by atoms with Gasteiger partial charge < -0.3 is 19.9 Å². The van der Waals surface area contributed by atoms with Crippen LogP contribution in [0.4, 0.5) is 11.6 Å². The second-order valence-electron chi connectivity index (χ2n) is 6.46. The molecule has 0 saturated carbocycles. The zero-order valence-electron chi connectivity index (χ0n) is 15.6. The predicted molar refractivity (Wildman–Crippen MR) is 113 cm³/mol. The molecule has 3 aromatic rings. The Morgan fingerprint density at radius 1 is 1.26 bits per heavy atom. The number of benzene rings is 1. The van der Waals surface area contributed by atoms with E-state index in [4.69, 9.17) is 4.74 Å². The number of hydrogen-bond donors (Lipinski definition) is 2. The number of ether oxygens (including phenoxy) is 1. The highest BCUT2D eigenvalue weighted by Crippen LogP contribution is 2.29. The summed E-state index contributed by atoms with van der Waals surface area (Å²) in [5.41, 5.74) is 2.37. The highest BCUT2D eigenvalue weighted by Gasteiger charge is 2.13. The maximum Gasteiger partial charge on any atom is 0.134 e. The van der Waals surface area contributed by atoms with Crippen LogP contribution in [0.2, 0.25) is 0 Å². The normalized spacial score (nSPS) is 14.5. The van der Waals surface area contributed by atoms with Crippen molar-refractivity contribution in [3.05, 3.63) is 42.4 Å². The Bertz CT molecular complexity index is 891. The summed E-state index contributed by atoms with van der Waals surface area (Å²) in [6, 6.07) is 8.19. The van der Waals surface area contributed by atoms with Gasteiger partial charge in [0.05, 0.1) is 6.61 Å². The average molecular weight is 384 g/mol. The van der Waals surface area contributed by atoms with E-state index >= 15 is 0 Å². The molecule has 27 heavy (non-hydrogen) atoms. The van der Waals surface area contributed by atoms with Crippen molar-refractivity contribution in [2.24, 2.45) is 0 Å². The monoisotopic (exact) mass is 383 g/mol. The molecular weight excluding hydrogens is 358 g/mol. The summed E-state index contributed by atoms with van der Waals surface area (Å²) in [5, 5.41) is 4.62. The molecule has 0 radical (unpaired) electrons. The van der Waals surface area contributed by atoms with Gasteiger partial charge in [-0.15, -0.1) is 0 Å². The fourth-order valence-electron chi connectivity index (χ4n) is 3.43. The number of aromatic amines is 1. The molecule has 1 aromatic carbocycles. The fourth-order valence-corrected chi connectivity index (χ4v) is 4.33. The quantitative estimate of drug-likeness (QED) is 0.650. The highest BCUT2D eigenvalue weighted by molar-refractivity contribution is 7.99. The van der Waals surface area contributed by atoms with Crippen molar-refractivity contribution in [2.45, 2.75) is 13.3 Å². The van der Waals surface area contributed by atoms with Crippen LogP contribution < -0.4 is 15.0 Å². The predicted octanol–water partition coefficient (Wildman–Crippen LogP) is 3.56. The van der Waals surface area contributed by atoms with Gasteiger partial charge in [-0.05, 0) is 31.0 Å². The zero-order chi connectivity index (χ0) is 18.5. The Hall–Kier alpha value is -2.41. The van der Waals surface area contributed by atoms with Crippen LogP contribution in [0, 0.1) is 0 Å². The van der Waals surface area contributed by atoms with E-state index in [-0.39, 0.29) is 0 Å². The largest absolute Gasteiger partial charge is 0.493 e. The van der Waals surface area contributed by atoms with Crippen molar-refractivity contribution in [3.8, 4) is 5.75 Å². The van der Waals surface area contributed by atoms with Crippen molar-refractivity contribution in [1.82, 2.24) is 15.0 Å². The maximum atomic E-state index is 5.80. The summed E-state index contributed by atoms with van der Waals surface area (Å²) in [4.78, 5) is 14.5. The Labute approximate surface area is 163 Å². The van der Waals surface area contributed by atoms with E-state index in [1.54, 1.807) is 6.33 Å². The molecule has 6 nitrogen and oxygen atoms in total. The van der Waals surface area contributed by atoms with Crippen LogP contribution in [0.25, 0.3) is 10.9 Å². The molecule has 4 rings (SSSR count). The zero-order valence-corrected chi connectivity index (χ0v) is 16.4. The van der Waals surface area contributed by atoms with Gasteiger partial charge in [0.25, 0.3) is 0 Å². The molecule has 0 aliphatic carbocycles. The number of nitrogens with zero attached hydrogens (tertiary/aromatic N) is 3. The maximum absolute atomic E-state index is 5.80. The molecule has 0 unspecified atom stereocenters. The number of fused-ring (bicyclic) bond motifs is 1. The van der Waals surface area contributed by atoms with Crippen LogP contribution in [0.5, 0.6) is 5.75 Å². The number of H-pyrrole nitrogens is 1. The van der Waals surface area contributed by atoms with Crippen LogP contribution in [0.1, 0.15) is 12.5 Å². The lowest BCUT2D eigenvalue weighted by molar-refractivity contribution is 0.344. The van der Waals surface area contributed by atoms with Crippen LogP contribution in [0.15, 0.2) is 36.8 Å². The van der Waals surface area contributed by atoms with Crippen molar-refractivity contribution in [1.29, 1.82) is 0 Å². The third kappa shape index (κ3) is 4.13. The van der Waals surface area contributed by atoms with E-state index in [1.165, 1.54) is 10.9 Å². The van der Waals surface area contributed by atoms with E-state index in [2.05, 4.69) is 43.5 Å². The molecule has 1 saturated heterocycles. The van der Waals surface area contributed by atoms with Crippen LogP contribution in [-0.2, 0) is 6.42 Å². The van der Waals surface area contributed by atoms with Gasteiger partial charge in [0, 0.05) is 54.3 Å². The molecule has 1 aliphatic heterocycles. The Morgan fingerprint density at radius 3 is 3.00 bits per heavy atom. The van der Waals surface area contributed by atoms with Gasteiger partial charge in [-0.1, -0.05) is 6.07 Å². The first kappa shape index (κ1) is 18.0. The van der Waals surface area contributed by atoms with E-state index in [9.17, 15) is 0 Å². The molecule has 1 aliphatic rings. The molecule has 0 amide bonds. The van der Waals surface area contributed by atoms with Gasteiger partial charge in [-0.2, -0.15) is 11.8 Å². The summed E-state index contributed by atoms with van der Waals surface area (Å²) in [7, 11) is 0. The van der Waals surface area contributed by atoms with Crippen molar-refractivity contribution >= 4 is 34.3 Å². The van der Waals surface area contributed by atoms with Crippen molar-refractivity contribution < 1.29 is 4.74 Å². The van der Waals surface area contributed by atoms with Gasteiger partial charge in [-0.25, -0.2) is 9.97 Å². The van der Waals surface area contributed by atoms with Crippen LogP contribution in [0.3, 0.4) is 0 Å². The van der Waals surface area contributed by atoms with Gasteiger partial charge in [-0.3, -0.25) is 0 Å². The van der Waals surface area contributed by atoms with E-state index in [0.29, 0.717) is 6.61 Å². The second-order valence-corrected chi connectivity index (χ2v) is 7.69. The molecule has 2 aromatic heterocycles. The first-order chi connectivity index (χ1) is 13.3. The number of anilines is 2. The summed E-state index contributed by atoms with van der Waals surface area (Å²) in [6.45, 7) is 5.59. The van der Waals surface area contributed by atoms with E-state index in [0.717, 1.165) is 60.5 Å². The molecule has 2 N–H and O–H groups in total. The minimum Gasteiger partial charge on any atom is -0.493 e. The second kappa shape index (κ2) is 8.52. The Morgan fingerprint density at radius 2 is 2.15 bits per heavy atom. The molecule has 0 atom stereocenters. The molecule has 0 bridgehead atoms. The molecular formula is C20H25N5OS. The standard InChI is InChI=1S/C20H25N5OS/c1-2-26-17-5-3-4-16-20(17)15(13-22-16)6-7-21-18-12-19(24-14-23-18)25-8-10-27-11-9-25/h3-5,12-14,22H,2,6-11H2,1H3,(H,21,23,24). The minimum absolute atomic E-state index is 0.667. The number of rotatable bonds is 7. The molecule has 1 fully saturated rings. The van der Waals surface area contributed by atoms with Gasteiger partial charge in [0.1, 0.15) is 23.7 Å². The first-order valence-electron chi connectivity index (χ1n) is 9.45.